The van der Waals surface area contributed by atoms with Crippen LogP contribution in [0.4, 0.5) is 0 Å². The number of fused-ring (bicyclic) bond motifs is 1. The zero-order valence-electron chi connectivity index (χ0n) is 17.3. The van der Waals surface area contributed by atoms with Crippen molar-refractivity contribution in [1.29, 1.82) is 0 Å². The van der Waals surface area contributed by atoms with E-state index in [1.165, 1.54) is 0 Å². The molecular weight excluding hydrogens is 412 g/mol. The second-order valence-corrected chi connectivity index (χ2v) is 8.31. The lowest BCUT2D eigenvalue weighted by molar-refractivity contribution is 0.0620. The molecule has 1 amide bonds. The molecular formula is C23H23ClN6O. The Morgan fingerprint density at radius 1 is 1.13 bits per heavy atom. The minimum atomic E-state index is 0.0337. The van der Waals surface area contributed by atoms with Crippen molar-refractivity contribution in [2.24, 2.45) is 7.05 Å². The third kappa shape index (κ3) is 4.06. The molecule has 1 N–H and O–H groups in total. The lowest BCUT2D eigenvalue weighted by atomic mass is 10.2. The molecule has 0 spiro atoms. The molecule has 4 heterocycles. The van der Waals surface area contributed by atoms with E-state index in [4.69, 9.17) is 11.6 Å². The zero-order valence-corrected chi connectivity index (χ0v) is 18.0. The van der Waals surface area contributed by atoms with Gasteiger partial charge in [-0.3, -0.25) is 19.4 Å². The predicted molar refractivity (Wildman–Crippen MR) is 121 cm³/mol. The molecule has 0 unspecified atom stereocenters. The van der Waals surface area contributed by atoms with Gasteiger partial charge in [-0.2, -0.15) is 5.10 Å². The molecule has 1 aromatic carbocycles. The topological polar surface area (TPSA) is 70.1 Å². The summed E-state index contributed by atoms with van der Waals surface area (Å²) in [4.78, 5) is 24.6. The summed E-state index contributed by atoms with van der Waals surface area (Å²) in [5.74, 6) is 0.0337. The zero-order chi connectivity index (χ0) is 21.4. The molecule has 0 atom stereocenters. The minimum absolute atomic E-state index is 0.0337. The van der Waals surface area contributed by atoms with Crippen LogP contribution in [-0.4, -0.2) is 61.6 Å². The van der Waals surface area contributed by atoms with Gasteiger partial charge in [0.1, 0.15) is 5.69 Å². The number of piperazine rings is 1. The van der Waals surface area contributed by atoms with E-state index in [1.807, 2.05) is 59.2 Å². The molecule has 1 fully saturated rings. The molecule has 3 aromatic heterocycles. The van der Waals surface area contributed by atoms with Gasteiger partial charge in [0.2, 0.25) is 0 Å². The normalized spacial score (nSPS) is 15.0. The number of benzene rings is 1. The van der Waals surface area contributed by atoms with Crippen LogP contribution in [0.1, 0.15) is 16.2 Å². The largest absolute Gasteiger partial charge is 0.350 e. The lowest BCUT2D eigenvalue weighted by Gasteiger charge is -2.34. The summed E-state index contributed by atoms with van der Waals surface area (Å²) in [7, 11) is 1.97. The van der Waals surface area contributed by atoms with Gasteiger partial charge in [-0.1, -0.05) is 17.7 Å². The number of hydrogen-bond donors (Lipinski definition) is 1. The maximum absolute atomic E-state index is 13.0. The maximum Gasteiger partial charge on any atom is 0.270 e. The Hall–Kier alpha value is -3.16. The van der Waals surface area contributed by atoms with E-state index in [-0.39, 0.29) is 5.91 Å². The number of H-pyrrole nitrogens is 1. The molecule has 158 valence electrons. The number of aryl methyl sites for hydroxylation is 1. The summed E-state index contributed by atoms with van der Waals surface area (Å²) in [6, 6.07) is 13.6. The van der Waals surface area contributed by atoms with Gasteiger partial charge in [0, 0.05) is 73.7 Å². The molecule has 0 bridgehead atoms. The number of pyridine rings is 1. The number of amides is 1. The Morgan fingerprint density at radius 2 is 1.97 bits per heavy atom. The summed E-state index contributed by atoms with van der Waals surface area (Å²) >= 11 is 6.06. The van der Waals surface area contributed by atoms with Crippen LogP contribution >= 0.6 is 11.6 Å². The summed E-state index contributed by atoms with van der Waals surface area (Å²) in [6.07, 6.45) is 3.59. The van der Waals surface area contributed by atoms with Gasteiger partial charge >= 0.3 is 0 Å². The molecule has 31 heavy (non-hydrogen) atoms. The van der Waals surface area contributed by atoms with Crippen molar-refractivity contribution in [1.82, 2.24) is 29.5 Å². The van der Waals surface area contributed by atoms with Crippen molar-refractivity contribution < 1.29 is 4.79 Å². The first kappa shape index (κ1) is 19.8. The monoisotopic (exact) mass is 434 g/mol. The van der Waals surface area contributed by atoms with Gasteiger partial charge in [-0.25, -0.2) is 0 Å². The molecule has 1 aliphatic heterocycles. The highest BCUT2D eigenvalue weighted by atomic mass is 35.5. The van der Waals surface area contributed by atoms with Crippen LogP contribution in [0, 0.1) is 0 Å². The second-order valence-electron chi connectivity index (χ2n) is 7.87. The van der Waals surface area contributed by atoms with E-state index in [0.717, 1.165) is 47.5 Å². The number of hydrogen-bond acceptors (Lipinski definition) is 4. The molecule has 0 aliphatic carbocycles. The third-order valence-electron chi connectivity index (χ3n) is 5.79. The number of rotatable bonds is 4. The quantitative estimate of drug-likeness (QED) is 0.533. The van der Waals surface area contributed by atoms with Crippen LogP contribution in [0.25, 0.3) is 22.2 Å². The fourth-order valence-corrected chi connectivity index (χ4v) is 4.20. The highest BCUT2D eigenvalue weighted by Gasteiger charge is 2.24. The number of aromatic amines is 1. The van der Waals surface area contributed by atoms with E-state index < -0.39 is 0 Å². The van der Waals surface area contributed by atoms with Crippen molar-refractivity contribution in [3.05, 3.63) is 71.3 Å². The fourth-order valence-electron chi connectivity index (χ4n) is 4.03. The average molecular weight is 435 g/mol. The lowest BCUT2D eigenvalue weighted by Crippen LogP contribution is -2.48. The summed E-state index contributed by atoms with van der Waals surface area (Å²) in [6.45, 7) is 3.84. The molecule has 0 saturated carbocycles. The number of nitrogens with zero attached hydrogens (tertiary/aromatic N) is 5. The SMILES string of the molecule is Cn1nc(-c2cccnc2)cc1CN1CCN(C(=O)c2cc3ccc(Cl)cc3[nH]2)CC1. The van der Waals surface area contributed by atoms with E-state index >= 15 is 0 Å². The van der Waals surface area contributed by atoms with Crippen molar-refractivity contribution in [3.63, 3.8) is 0 Å². The van der Waals surface area contributed by atoms with Crippen molar-refractivity contribution in [2.75, 3.05) is 26.2 Å². The van der Waals surface area contributed by atoms with Gasteiger partial charge in [0.25, 0.3) is 5.91 Å². The van der Waals surface area contributed by atoms with Gasteiger partial charge in [0.15, 0.2) is 0 Å². The predicted octanol–water partition coefficient (Wildman–Crippen LogP) is 3.57. The second kappa shape index (κ2) is 8.17. The summed E-state index contributed by atoms with van der Waals surface area (Å²) in [5.41, 5.74) is 4.58. The molecule has 8 heteroatoms. The van der Waals surface area contributed by atoms with Gasteiger partial charge in [-0.05, 0) is 36.4 Å². The molecule has 5 rings (SSSR count). The van der Waals surface area contributed by atoms with Crippen molar-refractivity contribution >= 4 is 28.4 Å². The van der Waals surface area contributed by atoms with Crippen LogP contribution in [0.2, 0.25) is 5.02 Å². The molecule has 1 aliphatic rings. The van der Waals surface area contributed by atoms with E-state index in [0.29, 0.717) is 23.8 Å². The first-order chi connectivity index (χ1) is 15.1. The smallest absolute Gasteiger partial charge is 0.270 e. The van der Waals surface area contributed by atoms with Crippen molar-refractivity contribution in [3.8, 4) is 11.3 Å². The summed E-state index contributed by atoms with van der Waals surface area (Å²) < 4.78 is 1.93. The third-order valence-corrected chi connectivity index (χ3v) is 6.03. The van der Waals surface area contributed by atoms with Gasteiger partial charge in [-0.15, -0.1) is 0 Å². The minimum Gasteiger partial charge on any atom is -0.350 e. The van der Waals surface area contributed by atoms with Crippen LogP contribution < -0.4 is 0 Å². The maximum atomic E-state index is 13.0. The van der Waals surface area contributed by atoms with Crippen LogP contribution in [0.15, 0.2) is 54.9 Å². The molecule has 7 nitrogen and oxygen atoms in total. The average Bonchev–Trinajstić information content (AvgIpc) is 3.37. The molecule has 4 aromatic rings. The first-order valence-electron chi connectivity index (χ1n) is 10.3. The van der Waals surface area contributed by atoms with E-state index in [9.17, 15) is 4.79 Å². The number of carbonyl (C=O) groups is 1. The molecule has 1 saturated heterocycles. The Morgan fingerprint density at radius 3 is 2.74 bits per heavy atom. The highest BCUT2D eigenvalue weighted by Crippen LogP contribution is 2.22. The van der Waals surface area contributed by atoms with Crippen LogP contribution in [0.3, 0.4) is 0 Å². The Balaban J connectivity index is 1.22. The highest BCUT2D eigenvalue weighted by molar-refractivity contribution is 6.31. The summed E-state index contributed by atoms with van der Waals surface area (Å²) in [5, 5.41) is 6.28. The Labute approximate surface area is 185 Å². The standard InChI is InChI=1S/C23H23ClN6O/c1-28-19(13-21(27-28)17-3-2-6-25-14-17)15-29-7-9-30(10-8-29)23(31)22-11-16-4-5-18(24)12-20(16)26-22/h2-6,11-14,26H,7-10,15H2,1H3. The van der Waals surface area contributed by atoms with E-state index in [2.05, 4.69) is 26.0 Å². The van der Waals surface area contributed by atoms with Crippen LogP contribution in [0.5, 0.6) is 0 Å². The van der Waals surface area contributed by atoms with Gasteiger partial charge in [0.05, 0.1) is 11.4 Å². The molecule has 0 radical (unpaired) electrons. The Kier molecular flexibility index (Phi) is 5.21. The number of carbonyl (C=O) groups excluding carboxylic acids is 1. The fraction of sp³-hybridized carbons (Fsp3) is 0.261. The first-order valence-corrected chi connectivity index (χ1v) is 10.7. The van der Waals surface area contributed by atoms with Gasteiger partial charge < -0.3 is 9.88 Å². The number of aromatic nitrogens is 4. The Bertz CT molecular complexity index is 1220. The number of nitrogens with one attached hydrogen (secondary N) is 1. The van der Waals surface area contributed by atoms with Crippen LogP contribution in [-0.2, 0) is 13.6 Å². The van der Waals surface area contributed by atoms with E-state index in [1.54, 1.807) is 6.20 Å². The van der Waals surface area contributed by atoms with Crippen molar-refractivity contribution in [2.45, 2.75) is 6.54 Å². The number of halogens is 1.